The third kappa shape index (κ3) is 6.73. The smallest absolute Gasteiger partial charge is 0.251 e. The highest BCUT2D eigenvalue weighted by Crippen LogP contribution is 2.25. The molecule has 0 bridgehead atoms. The van der Waals surface area contributed by atoms with Crippen LogP contribution in [0.25, 0.3) is 0 Å². The van der Waals surface area contributed by atoms with Crippen LogP contribution < -0.4 is 10.6 Å². The maximum Gasteiger partial charge on any atom is 0.251 e. The van der Waals surface area contributed by atoms with Crippen molar-refractivity contribution in [3.8, 4) is 0 Å². The van der Waals surface area contributed by atoms with Crippen LogP contribution in [0.1, 0.15) is 35.8 Å². The predicted molar refractivity (Wildman–Crippen MR) is 111 cm³/mol. The Bertz CT molecular complexity index is 924. The quantitative estimate of drug-likeness (QED) is 0.722. The van der Waals surface area contributed by atoms with Crippen molar-refractivity contribution in [3.63, 3.8) is 0 Å². The molecule has 1 unspecified atom stereocenters. The zero-order valence-corrected chi connectivity index (χ0v) is 17.0. The van der Waals surface area contributed by atoms with Gasteiger partial charge in [0, 0.05) is 40.0 Å². The van der Waals surface area contributed by atoms with Crippen LogP contribution in [0, 0.1) is 0 Å². The molecule has 0 aromatic heterocycles. The molecule has 0 aliphatic heterocycles. The second kappa shape index (κ2) is 9.06. The van der Waals surface area contributed by atoms with Gasteiger partial charge >= 0.3 is 0 Å². The van der Waals surface area contributed by atoms with E-state index in [9.17, 15) is 13.2 Å². The molecule has 2 aromatic rings. The Balaban J connectivity index is 1.99. The van der Waals surface area contributed by atoms with Crippen molar-refractivity contribution in [2.45, 2.75) is 25.9 Å². The van der Waals surface area contributed by atoms with E-state index in [-0.39, 0.29) is 11.9 Å². The number of hydrogen-bond acceptors (Lipinski definition) is 4. The van der Waals surface area contributed by atoms with Gasteiger partial charge in [-0.25, -0.2) is 8.42 Å². The van der Waals surface area contributed by atoms with Gasteiger partial charge in [0.25, 0.3) is 5.91 Å². The Morgan fingerprint density at radius 3 is 2.30 bits per heavy atom. The second-order valence-corrected chi connectivity index (χ2v) is 8.72. The predicted octanol–water partition coefficient (Wildman–Crippen LogP) is 4.19. The number of carbonyl (C=O) groups is 1. The third-order valence-corrected chi connectivity index (χ3v) is 4.87. The van der Waals surface area contributed by atoms with Crippen molar-refractivity contribution in [3.05, 3.63) is 76.2 Å². The second-order valence-electron chi connectivity index (χ2n) is 6.39. The van der Waals surface area contributed by atoms with Crippen molar-refractivity contribution in [1.29, 1.82) is 0 Å². The van der Waals surface area contributed by atoms with E-state index in [0.717, 1.165) is 22.9 Å². The summed E-state index contributed by atoms with van der Waals surface area (Å²) >= 11 is 6.22. The number of benzene rings is 2. The van der Waals surface area contributed by atoms with E-state index in [2.05, 4.69) is 10.6 Å². The summed E-state index contributed by atoms with van der Waals surface area (Å²) in [6, 6.07) is 14.3. The first-order chi connectivity index (χ1) is 12.7. The summed E-state index contributed by atoms with van der Waals surface area (Å²) in [5.41, 5.74) is 2.35. The lowest BCUT2D eigenvalue weighted by molar-refractivity contribution is 0.0947. The number of hydrogen-bond donors (Lipinski definition) is 2. The van der Waals surface area contributed by atoms with Gasteiger partial charge in [0.05, 0.1) is 0 Å². The van der Waals surface area contributed by atoms with Gasteiger partial charge in [0.2, 0.25) is 0 Å². The average molecular weight is 407 g/mol. The Kier molecular flexibility index (Phi) is 7.05. The van der Waals surface area contributed by atoms with Gasteiger partial charge in [-0.1, -0.05) is 35.9 Å². The van der Waals surface area contributed by atoms with Gasteiger partial charge in [0.15, 0.2) is 9.84 Å². The summed E-state index contributed by atoms with van der Waals surface area (Å²) in [5.74, 6) is -0.272. The number of rotatable bonds is 7. The molecule has 5 nitrogen and oxygen atoms in total. The average Bonchev–Trinajstić information content (AvgIpc) is 2.60. The molecule has 0 fully saturated rings. The van der Waals surface area contributed by atoms with Gasteiger partial charge in [-0.2, -0.15) is 0 Å². The van der Waals surface area contributed by atoms with E-state index in [4.69, 9.17) is 11.6 Å². The molecule has 0 aliphatic carbocycles. The van der Waals surface area contributed by atoms with Crippen LogP contribution in [-0.2, 0) is 9.84 Å². The number of amides is 1. The Morgan fingerprint density at radius 1 is 1.07 bits per heavy atom. The van der Waals surface area contributed by atoms with E-state index in [1.54, 1.807) is 19.1 Å². The lowest BCUT2D eigenvalue weighted by Gasteiger charge is -2.17. The molecule has 2 atom stereocenters. The van der Waals surface area contributed by atoms with Gasteiger partial charge < -0.3 is 10.6 Å². The maximum absolute atomic E-state index is 12.2. The standard InChI is InChI=1S/C20H23ClN2O3S/c1-14(12-13-27(3,25)26)22-20(24)16-8-10-17(11-9-16)23-15(2)18-6-4-5-7-19(18)21/h4-15,23H,1-3H3,(H,22,24)/b13-12+/t14-,15?/m1/s1. The van der Waals surface area contributed by atoms with E-state index in [1.807, 2.05) is 43.3 Å². The van der Waals surface area contributed by atoms with Gasteiger partial charge in [-0.05, 0) is 49.7 Å². The molecule has 0 saturated carbocycles. The van der Waals surface area contributed by atoms with E-state index < -0.39 is 15.9 Å². The molecule has 0 heterocycles. The fourth-order valence-electron chi connectivity index (χ4n) is 2.47. The van der Waals surface area contributed by atoms with E-state index in [0.29, 0.717) is 10.6 Å². The van der Waals surface area contributed by atoms with E-state index >= 15 is 0 Å². The maximum atomic E-state index is 12.2. The molecular formula is C20H23ClN2O3S. The van der Waals surface area contributed by atoms with Gasteiger partial charge in [-0.15, -0.1) is 0 Å². The fraction of sp³-hybridized carbons (Fsp3) is 0.250. The molecule has 7 heteroatoms. The first-order valence-electron chi connectivity index (χ1n) is 8.46. The zero-order valence-electron chi connectivity index (χ0n) is 15.4. The molecule has 0 saturated heterocycles. The summed E-state index contributed by atoms with van der Waals surface area (Å²) in [7, 11) is -3.21. The minimum atomic E-state index is -3.21. The van der Waals surface area contributed by atoms with Crippen molar-refractivity contribution in [1.82, 2.24) is 5.32 Å². The summed E-state index contributed by atoms with van der Waals surface area (Å²) < 4.78 is 22.3. The molecular weight excluding hydrogens is 384 g/mol. The highest BCUT2D eigenvalue weighted by molar-refractivity contribution is 7.93. The highest BCUT2D eigenvalue weighted by Gasteiger charge is 2.11. The van der Waals surface area contributed by atoms with Crippen LogP contribution >= 0.6 is 11.6 Å². The van der Waals surface area contributed by atoms with Crippen LogP contribution in [-0.4, -0.2) is 26.6 Å². The molecule has 1 amide bonds. The minimum Gasteiger partial charge on any atom is -0.378 e. The Morgan fingerprint density at radius 2 is 1.70 bits per heavy atom. The minimum absolute atomic E-state index is 0.0135. The number of carbonyl (C=O) groups excluding carboxylic acids is 1. The first-order valence-corrected chi connectivity index (χ1v) is 10.8. The van der Waals surface area contributed by atoms with Gasteiger partial charge in [0.1, 0.15) is 0 Å². The third-order valence-electron chi connectivity index (χ3n) is 3.88. The summed E-state index contributed by atoms with van der Waals surface area (Å²) in [6.45, 7) is 3.72. The largest absolute Gasteiger partial charge is 0.378 e. The highest BCUT2D eigenvalue weighted by atomic mass is 35.5. The molecule has 0 spiro atoms. The van der Waals surface area contributed by atoms with Gasteiger partial charge in [-0.3, -0.25) is 4.79 Å². The summed E-state index contributed by atoms with van der Waals surface area (Å²) in [4.78, 5) is 12.2. The van der Waals surface area contributed by atoms with Crippen molar-refractivity contribution >= 4 is 33.0 Å². The molecule has 0 aliphatic rings. The van der Waals surface area contributed by atoms with Crippen LogP contribution in [0.3, 0.4) is 0 Å². The molecule has 0 radical (unpaired) electrons. The SMILES string of the molecule is CC(Nc1ccc(C(=O)N[C@H](C)/C=C/S(C)(=O)=O)cc1)c1ccccc1Cl. The number of sulfone groups is 1. The number of anilines is 1. The Hall–Kier alpha value is -2.31. The fourth-order valence-corrected chi connectivity index (χ4v) is 3.29. The molecule has 2 aromatic carbocycles. The van der Waals surface area contributed by atoms with Crippen LogP contribution in [0.4, 0.5) is 5.69 Å². The molecule has 2 N–H and O–H groups in total. The normalized spacial score (nSPS) is 13.9. The van der Waals surface area contributed by atoms with Crippen LogP contribution in [0.15, 0.2) is 60.0 Å². The molecule has 2 rings (SSSR count). The lowest BCUT2D eigenvalue weighted by Crippen LogP contribution is -2.31. The Labute approximate surface area is 165 Å². The lowest BCUT2D eigenvalue weighted by atomic mass is 10.1. The zero-order chi connectivity index (χ0) is 20.0. The van der Waals surface area contributed by atoms with Crippen LogP contribution in [0.2, 0.25) is 5.02 Å². The topological polar surface area (TPSA) is 75.3 Å². The van der Waals surface area contributed by atoms with Crippen molar-refractivity contribution in [2.24, 2.45) is 0 Å². The van der Waals surface area contributed by atoms with E-state index in [1.165, 1.54) is 6.08 Å². The summed E-state index contributed by atoms with van der Waals surface area (Å²) in [5, 5.41) is 7.87. The monoisotopic (exact) mass is 406 g/mol. The number of halogens is 1. The molecule has 27 heavy (non-hydrogen) atoms. The summed E-state index contributed by atoms with van der Waals surface area (Å²) in [6.07, 6.45) is 2.54. The van der Waals surface area contributed by atoms with Crippen LogP contribution in [0.5, 0.6) is 0 Å². The molecule has 144 valence electrons. The van der Waals surface area contributed by atoms with Crippen molar-refractivity contribution < 1.29 is 13.2 Å². The van der Waals surface area contributed by atoms with Crippen molar-refractivity contribution in [2.75, 3.05) is 11.6 Å². The number of nitrogens with one attached hydrogen (secondary N) is 2. The first kappa shape index (κ1) is 21.0.